The van der Waals surface area contributed by atoms with E-state index in [1.54, 1.807) is 5.56 Å². The molecule has 0 aliphatic heterocycles. The van der Waals surface area contributed by atoms with Crippen LogP contribution in [-0.4, -0.2) is 0 Å². The number of hydrogen-bond donors (Lipinski definition) is 2. The lowest BCUT2D eigenvalue weighted by Crippen LogP contribution is -2.34. The van der Waals surface area contributed by atoms with Gasteiger partial charge in [-0.05, 0) is 66.9 Å². The average Bonchev–Trinajstić information content (AvgIpc) is 2.98. The molecule has 19 heavy (non-hydrogen) atoms. The highest BCUT2D eigenvalue weighted by Gasteiger charge is 2.48. The van der Waals surface area contributed by atoms with Crippen molar-refractivity contribution in [2.24, 2.45) is 23.6 Å². The summed E-state index contributed by atoms with van der Waals surface area (Å²) in [6, 6.07) is 9.39. The summed E-state index contributed by atoms with van der Waals surface area (Å²) in [5.41, 5.74) is 6.20. The fourth-order valence-corrected chi connectivity index (χ4v) is 4.40. The average molecular weight is 256 g/mol. The minimum absolute atomic E-state index is 0.379. The minimum atomic E-state index is 0.379. The van der Waals surface area contributed by atoms with Crippen molar-refractivity contribution in [3.05, 3.63) is 35.4 Å². The molecule has 3 atom stereocenters. The van der Waals surface area contributed by atoms with Crippen LogP contribution in [0.15, 0.2) is 24.3 Å². The van der Waals surface area contributed by atoms with Crippen LogP contribution in [0.1, 0.15) is 61.6 Å². The van der Waals surface area contributed by atoms with E-state index in [9.17, 15) is 0 Å². The van der Waals surface area contributed by atoms with Crippen molar-refractivity contribution in [2.45, 2.75) is 50.5 Å². The van der Waals surface area contributed by atoms with Crippen LogP contribution in [0.5, 0.6) is 0 Å². The van der Waals surface area contributed by atoms with Gasteiger partial charge >= 0.3 is 0 Å². The number of fused-ring (bicyclic) bond motifs is 1. The van der Waals surface area contributed by atoms with Gasteiger partial charge in [0.15, 0.2) is 0 Å². The van der Waals surface area contributed by atoms with E-state index >= 15 is 0 Å². The van der Waals surface area contributed by atoms with E-state index in [1.165, 1.54) is 44.1 Å². The quantitative estimate of drug-likeness (QED) is 0.639. The number of hydrazine groups is 1. The molecule has 0 amide bonds. The Bertz CT molecular complexity index is 456. The molecule has 3 N–H and O–H groups in total. The fraction of sp³-hybridized carbons (Fsp3) is 0.647. The summed E-state index contributed by atoms with van der Waals surface area (Å²) >= 11 is 0. The van der Waals surface area contributed by atoms with Crippen LogP contribution in [0, 0.1) is 17.8 Å². The molecule has 2 nitrogen and oxygen atoms in total. The third-order valence-corrected chi connectivity index (χ3v) is 5.81. The van der Waals surface area contributed by atoms with E-state index in [0.29, 0.717) is 6.04 Å². The number of hydrogen-bond acceptors (Lipinski definition) is 2. The summed E-state index contributed by atoms with van der Waals surface area (Å²) in [4.78, 5) is 0. The summed E-state index contributed by atoms with van der Waals surface area (Å²) in [7, 11) is 0. The molecule has 4 rings (SSSR count). The Morgan fingerprint density at radius 1 is 1.05 bits per heavy atom. The molecule has 1 aromatic carbocycles. The summed E-state index contributed by atoms with van der Waals surface area (Å²) < 4.78 is 0. The van der Waals surface area contributed by atoms with Crippen LogP contribution >= 0.6 is 0 Å². The second-order valence-corrected chi connectivity index (χ2v) is 6.89. The number of rotatable bonds is 4. The zero-order chi connectivity index (χ0) is 12.8. The molecule has 3 unspecified atom stereocenters. The van der Waals surface area contributed by atoms with Crippen LogP contribution in [0.4, 0.5) is 0 Å². The molecule has 1 aromatic rings. The number of nitrogens with one attached hydrogen (secondary N) is 1. The molecule has 3 aliphatic rings. The SMILES string of the molecule is NNC(c1ccccc1C1CCC1)C1CC2CC2C1. The molecule has 3 fully saturated rings. The van der Waals surface area contributed by atoms with Crippen LogP contribution in [0.2, 0.25) is 0 Å². The Kier molecular flexibility index (Phi) is 2.89. The van der Waals surface area contributed by atoms with Gasteiger partial charge in [0.2, 0.25) is 0 Å². The molecule has 0 saturated heterocycles. The van der Waals surface area contributed by atoms with E-state index in [1.807, 2.05) is 0 Å². The molecule has 3 saturated carbocycles. The molecule has 0 heterocycles. The van der Waals surface area contributed by atoms with Crippen molar-refractivity contribution in [2.75, 3.05) is 0 Å². The van der Waals surface area contributed by atoms with Crippen LogP contribution in [0.3, 0.4) is 0 Å². The van der Waals surface area contributed by atoms with Crippen molar-refractivity contribution in [1.82, 2.24) is 5.43 Å². The first kappa shape index (κ1) is 11.9. The van der Waals surface area contributed by atoms with Crippen molar-refractivity contribution >= 4 is 0 Å². The van der Waals surface area contributed by atoms with Gasteiger partial charge in [-0.3, -0.25) is 11.3 Å². The van der Waals surface area contributed by atoms with Crippen molar-refractivity contribution in [3.8, 4) is 0 Å². The van der Waals surface area contributed by atoms with E-state index < -0.39 is 0 Å². The number of nitrogens with two attached hydrogens (primary N) is 1. The summed E-state index contributed by atoms with van der Waals surface area (Å²) in [6.07, 6.45) is 8.39. The molecular weight excluding hydrogens is 232 g/mol. The first-order valence-corrected chi connectivity index (χ1v) is 7.91. The smallest absolute Gasteiger partial charge is 0.0491 e. The monoisotopic (exact) mass is 256 g/mol. The first-order chi connectivity index (χ1) is 9.36. The normalized spacial score (nSPS) is 34.7. The summed E-state index contributed by atoms with van der Waals surface area (Å²) in [6.45, 7) is 0. The molecule has 0 bridgehead atoms. The second-order valence-electron chi connectivity index (χ2n) is 6.89. The van der Waals surface area contributed by atoms with Gasteiger partial charge in [0, 0.05) is 6.04 Å². The van der Waals surface area contributed by atoms with E-state index in [2.05, 4.69) is 29.7 Å². The molecule has 0 radical (unpaired) electrons. The summed E-state index contributed by atoms with van der Waals surface area (Å²) in [5.74, 6) is 9.53. The standard InChI is InChI=1S/C17H24N2/c18-19-17(14-9-12-8-13(12)10-14)16-7-2-1-6-15(16)11-4-3-5-11/h1-2,6-7,11-14,17,19H,3-5,8-10,18H2. The van der Waals surface area contributed by atoms with Gasteiger partial charge in [0.05, 0.1) is 0 Å². The molecule has 0 aromatic heterocycles. The largest absolute Gasteiger partial charge is 0.271 e. The first-order valence-electron chi connectivity index (χ1n) is 7.91. The Morgan fingerprint density at radius 2 is 1.79 bits per heavy atom. The highest BCUT2D eigenvalue weighted by Crippen LogP contribution is 2.57. The lowest BCUT2D eigenvalue weighted by Gasteiger charge is -2.32. The van der Waals surface area contributed by atoms with Gasteiger partial charge in [-0.25, -0.2) is 0 Å². The fourth-order valence-electron chi connectivity index (χ4n) is 4.40. The Labute approximate surface area is 115 Å². The highest BCUT2D eigenvalue weighted by atomic mass is 15.2. The predicted octanol–water partition coefficient (Wildman–Crippen LogP) is 3.50. The van der Waals surface area contributed by atoms with E-state index in [0.717, 1.165) is 23.7 Å². The van der Waals surface area contributed by atoms with Gasteiger partial charge in [-0.2, -0.15) is 0 Å². The third-order valence-electron chi connectivity index (χ3n) is 5.81. The molecular formula is C17H24N2. The lowest BCUT2D eigenvalue weighted by molar-refractivity contribution is 0.336. The van der Waals surface area contributed by atoms with Crippen molar-refractivity contribution in [3.63, 3.8) is 0 Å². The maximum absolute atomic E-state index is 5.92. The van der Waals surface area contributed by atoms with Crippen LogP contribution in [0.25, 0.3) is 0 Å². The van der Waals surface area contributed by atoms with Gasteiger partial charge in [-0.15, -0.1) is 0 Å². The zero-order valence-corrected chi connectivity index (χ0v) is 11.5. The van der Waals surface area contributed by atoms with Crippen molar-refractivity contribution < 1.29 is 0 Å². The van der Waals surface area contributed by atoms with Crippen LogP contribution in [-0.2, 0) is 0 Å². The maximum atomic E-state index is 5.92. The maximum Gasteiger partial charge on any atom is 0.0491 e. The van der Waals surface area contributed by atoms with Gasteiger partial charge in [-0.1, -0.05) is 30.7 Å². The van der Waals surface area contributed by atoms with Crippen molar-refractivity contribution in [1.29, 1.82) is 0 Å². The Balaban J connectivity index is 1.61. The molecule has 3 aliphatic carbocycles. The second kappa shape index (κ2) is 4.60. The molecule has 102 valence electrons. The Morgan fingerprint density at radius 3 is 2.42 bits per heavy atom. The van der Waals surface area contributed by atoms with Gasteiger partial charge in [0.1, 0.15) is 0 Å². The summed E-state index contributed by atoms with van der Waals surface area (Å²) in [5, 5.41) is 0. The molecule has 2 heteroatoms. The number of benzene rings is 1. The lowest BCUT2D eigenvalue weighted by atomic mass is 9.75. The molecule has 0 spiro atoms. The van der Waals surface area contributed by atoms with Gasteiger partial charge in [0.25, 0.3) is 0 Å². The van der Waals surface area contributed by atoms with E-state index in [-0.39, 0.29) is 0 Å². The topological polar surface area (TPSA) is 38.0 Å². The minimum Gasteiger partial charge on any atom is -0.271 e. The third kappa shape index (κ3) is 2.02. The predicted molar refractivity (Wildman–Crippen MR) is 77.4 cm³/mol. The van der Waals surface area contributed by atoms with E-state index in [4.69, 9.17) is 5.84 Å². The highest BCUT2D eigenvalue weighted by molar-refractivity contribution is 5.35. The zero-order valence-electron chi connectivity index (χ0n) is 11.5. The van der Waals surface area contributed by atoms with Crippen LogP contribution < -0.4 is 11.3 Å². The van der Waals surface area contributed by atoms with Gasteiger partial charge < -0.3 is 0 Å². The Hall–Kier alpha value is -0.860.